The van der Waals surface area contributed by atoms with E-state index in [0.29, 0.717) is 17.0 Å². The van der Waals surface area contributed by atoms with Gasteiger partial charge in [-0.25, -0.2) is 10.2 Å². The van der Waals surface area contributed by atoms with Gasteiger partial charge in [-0.05, 0) is 24.3 Å². The van der Waals surface area contributed by atoms with Gasteiger partial charge in [0.25, 0.3) is 5.91 Å². The van der Waals surface area contributed by atoms with Crippen LogP contribution in [-0.2, 0) is 4.79 Å². The lowest BCUT2D eigenvalue weighted by Gasteiger charge is -2.06. The highest BCUT2D eigenvalue weighted by atomic mass is 16.5. The minimum Gasteiger partial charge on any atom is -0.481 e. The van der Waals surface area contributed by atoms with E-state index in [1.165, 1.54) is 6.21 Å². The summed E-state index contributed by atoms with van der Waals surface area (Å²) in [7, 11) is 0. The summed E-state index contributed by atoms with van der Waals surface area (Å²) in [4.78, 5) is 24.9. The number of carboxylic acids is 1. The van der Waals surface area contributed by atoms with Crippen LogP contribution in [0.25, 0.3) is 0 Å². The SMILES string of the molecule is O=C(O)COc1ccccc1/C=N/NC(=O)c1ccc[nH]1. The number of para-hydroxylation sites is 1. The summed E-state index contributed by atoms with van der Waals surface area (Å²) in [6.45, 7) is -0.445. The van der Waals surface area contributed by atoms with Gasteiger partial charge in [0.15, 0.2) is 6.61 Å². The first kappa shape index (κ1) is 14.3. The Kier molecular flexibility index (Phi) is 4.70. The normalized spacial score (nSPS) is 10.5. The second-order valence-electron chi connectivity index (χ2n) is 4.00. The standard InChI is InChI=1S/C14H13N3O4/c18-13(19)9-21-12-6-2-1-4-10(12)8-16-17-14(20)11-5-3-7-15-11/h1-8,15H,9H2,(H,17,20)(H,18,19)/b16-8+. The van der Waals surface area contributed by atoms with Gasteiger partial charge in [-0.1, -0.05) is 12.1 Å². The highest BCUT2D eigenvalue weighted by molar-refractivity contribution is 5.93. The fourth-order valence-electron chi connectivity index (χ4n) is 1.55. The van der Waals surface area contributed by atoms with Gasteiger partial charge in [0.2, 0.25) is 0 Å². The Bertz CT molecular complexity index is 650. The minimum absolute atomic E-state index is 0.373. The number of carboxylic acid groups (broad SMARTS) is 1. The van der Waals surface area contributed by atoms with E-state index in [1.807, 2.05) is 0 Å². The first-order valence-electron chi connectivity index (χ1n) is 6.07. The molecule has 0 unspecified atom stereocenters. The van der Waals surface area contributed by atoms with Crippen molar-refractivity contribution < 1.29 is 19.4 Å². The number of carbonyl (C=O) groups excluding carboxylic acids is 1. The molecule has 0 aliphatic rings. The Balaban J connectivity index is 2.00. The van der Waals surface area contributed by atoms with E-state index in [0.717, 1.165) is 0 Å². The largest absolute Gasteiger partial charge is 0.481 e. The van der Waals surface area contributed by atoms with Crippen molar-refractivity contribution in [1.82, 2.24) is 10.4 Å². The number of H-pyrrole nitrogens is 1. The van der Waals surface area contributed by atoms with Crippen LogP contribution in [0.1, 0.15) is 16.1 Å². The first-order valence-corrected chi connectivity index (χ1v) is 6.07. The molecule has 0 spiro atoms. The zero-order chi connectivity index (χ0) is 15.1. The number of aromatic nitrogens is 1. The maximum atomic E-state index is 11.6. The molecule has 3 N–H and O–H groups in total. The maximum absolute atomic E-state index is 11.6. The molecule has 0 saturated heterocycles. The molecule has 2 aromatic rings. The van der Waals surface area contributed by atoms with Crippen molar-refractivity contribution >= 4 is 18.1 Å². The molecule has 0 radical (unpaired) electrons. The number of benzene rings is 1. The number of amides is 1. The van der Waals surface area contributed by atoms with Crippen molar-refractivity contribution in [2.45, 2.75) is 0 Å². The average Bonchev–Trinajstić information content (AvgIpc) is 3.00. The number of hydrogen-bond donors (Lipinski definition) is 3. The number of rotatable bonds is 6. The van der Waals surface area contributed by atoms with Gasteiger partial charge in [-0.2, -0.15) is 5.10 Å². The molecule has 0 bridgehead atoms. The van der Waals surface area contributed by atoms with E-state index in [9.17, 15) is 9.59 Å². The third kappa shape index (κ3) is 4.20. The Hall–Kier alpha value is -3.09. The van der Waals surface area contributed by atoms with Gasteiger partial charge in [0, 0.05) is 11.8 Å². The molecule has 1 amide bonds. The number of nitrogens with zero attached hydrogens (tertiary/aromatic N) is 1. The topological polar surface area (TPSA) is 104 Å². The second kappa shape index (κ2) is 6.90. The second-order valence-corrected chi connectivity index (χ2v) is 4.00. The van der Waals surface area contributed by atoms with Crippen LogP contribution in [0.5, 0.6) is 5.75 Å². The number of aromatic amines is 1. The van der Waals surface area contributed by atoms with Crippen LogP contribution in [-0.4, -0.2) is 34.8 Å². The summed E-state index contributed by atoms with van der Waals surface area (Å²) < 4.78 is 5.12. The van der Waals surface area contributed by atoms with E-state index in [4.69, 9.17) is 9.84 Å². The predicted molar refractivity (Wildman–Crippen MR) is 75.4 cm³/mol. The molecule has 1 aromatic carbocycles. The third-order valence-electron chi connectivity index (χ3n) is 2.48. The lowest BCUT2D eigenvalue weighted by Crippen LogP contribution is -2.18. The Morgan fingerprint density at radius 2 is 2.10 bits per heavy atom. The van der Waals surface area contributed by atoms with Crippen molar-refractivity contribution in [3.8, 4) is 5.75 Å². The van der Waals surface area contributed by atoms with Crippen molar-refractivity contribution in [2.24, 2.45) is 5.10 Å². The monoisotopic (exact) mass is 287 g/mol. The van der Waals surface area contributed by atoms with E-state index in [1.54, 1.807) is 42.6 Å². The zero-order valence-electron chi connectivity index (χ0n) is 10.9. The molecule has 7 nitrogen and oxygen atoms in total. The molecule has 108 valence electrons. The lowest BCUT2D eigenvalue weighted by molar-refractivity contribution is -0.139. The number of hydrogen-bond acceptors (Lipinski definition) is 4. The van der Waals surface area contributed by atoms with Gasteiger partial charge in [-0.3, -0.25) is 4.79 Å². The number of hydrazone groups is 1. The summed E-state index contributed by atoms with van der Waals surface area (Å²) in [6.07, 6.45) is 3.02. The summed E-state index contributed by atoms with van der Waals surface area (Å²) in [5.74, 6) is -1.07. The predicted octanol–water partition coefficient (Wildman–Crippen LogP) is 1.24. The molecular formula is C14H13N3O4. The molecule has 0 atom stereocenters. The number of carbonyl (C=O) groups is 2. The van der Waals surface area contributed by atoms with Crippen LogP contribution in [0, 0.1) is 0 Å². The first-order chi connectivity index (χ1) is 10.2. The third-order valence-corrected chi connectivity index (χ3v) is 2.48. The Morgan fingerprint density at radius 1 is 1.29 bits per heavy atom. The molecule has 0 saturated carbocycles. The Morgan fingerprint density at radius 3 is 2.81 bits per heavy atom. The summed E-state index contributed by atoms with van der Waals surface area (Å²) in [5.41, 5.74) is 3.30. The highest BCUT2D eigenvalue weighted by Crippen LogP contribution is 2.15. The van der Waals surface area contributed by atoms with Crippen molar-refractivity contribution in [2.75, 3.05) is 6.61 Å². The fourth-order valence-corrected chi connectivity index (χ4v) is 1.55. The summed E-state index contributed by atoms with van der Waals surface area (Å²) in [6, 6.07) is 10.1. The molecule has 1 heterocycles. The van der Waals surface area contributed by atoms with E-state index in [-0.39, 0.29) is 5.91 Å². The molecule has 7 heteroatoms. The minimum atomic E-state index is -1.07. The summed E-state index contributed by atoms with van der Waals surface area (Å²) in [5, 5.41) is 12.4. The van der Waals surface area contributed by atoms with Gasteiger partial charge >= 0.3 is 5.97 Å². The molecule has 0 fully saturated rings. The van der Waals surface area contributed by atoms with Crippen LogP contribution >= 0.6 is 0 Å². The quantitative estimate of drug-likeness (QED) is 0.549. The zero-order valence-corrected chi connectivity index (χ0v) is 10.9. The molecule has 0 aliphatic heterocycles. The average molecular weight is 287 g/mol. The maximum Gasteiger partial charge on any atom is 0.341 e. The van der Waals surface area contributed by atoms with Crippen molar-refractivity contribution in [3.63, 3.8) is 0 Å². The van der Waals surface area contributed by atoms with Crippen LogP contribution in [0.15, 0.2) is 47.7 Å². The van der Waals surface area contributed by atoms with E-state index in [2.05, 4.69) is 15.5 Å². The van der Waals surface area contributed by atoms with E-state index < -0.39 is 12.6 Å². The molecule has 1 aromatic heterocycles. The number of nitrogens with one attached hydrogen (secondary N) is 2. The van der Waals surface area contributed by atoms with Crippen LogP contribution in [0.2, 0.25) is 0 Å². The fraction of sp³-hybridized carbons (Fsp3) is 0.0714. The summed E-state index contributed by atoms with van der Waals surface area (Å²) >= 11 is 0. The van der Waals surface area contributed by atoms with Gasteiger partial charge in [0.05, 0.1) is 6.21 Å². The Labute approximate surface area is 120 Å². The smallest absolute Gasteiger partial charge is 0.341 e. The molecule has 2 rings (SSSR count). The van der Waals surface area contributed by atoms with E-state index >= 15 is 0 Å². The number of ether oxygens (including phenoxy) is 1. The highest BCUT2D eigenvalue weighted by Gasteiger charge is 2.05. The number of aliphatic carboxylic acids is 1. The van der Waals surface area contributed by atoms with Crippen LogP contribution < -0.4 is 10.2 Å². The van der Waals surface area contributed by atoms with Crippen LogP contribution in [0.4, 0.5) is 0 Å². The lowest BCUT2D eigenvalue weighted by atomic mass is 10.2. The van der Waals surface area contributed by atoms with Gasteiger partial charge in [0.1, 0.15) is 11.4 Å². The molecular weight excluding hydrogens is 274 g/mol. The van der Waals surface area contributed by atoms with Crippen LogP contribution in [0.3, 0.4) is 0 Å². The van der Waals surface area contributed by atoms with Gasteiger partial charge < -0.3 is 14.8 Å². The van der Waals surface area contributed by atoms with Gasteiger partial charge in [-0.15, -0.1) is 0 Å². The van der Waals surface area contributed by atoms with Crippen molar-refractivity contribution in [1.29, 1.82) is 0 Å². The molecule has 0 aliphatic carbocycles. The molecule has 21 heavy (non-hydrogen) atoms. The van der Waals surface area contributed by atoms with Crippen molar-refractivity contribution in [3.05, 3.63) is 53.9 Å².